The van der Waals surface area contributed by atoms with E-state index in [1.165, 1.54) is 6.92 Å². The zero-order valence-electron chi connectivity index (χ0n) is 17.5. The van der Waals surface area contributed by atoms with E-state index in [4.69, 9.17) is 5.73 Å². The highest BCUT2D eigenvalue weighted by Crippen LogP contribution is 2.10. The third kappa shape index (κ3) is 8.58. The summed E-state index contributed by atoms with van der Waals surface area (Å²) in [6.45, 7) is 8.17. The maximum Gasteiger partial charge on any atom is 0.326 e. The van der Waals surface area contributed by atoms with Gasteiger partial charge in [-0.25, -0.2) is 4.79 Å². The molecule has 0 saturated carbocycles. The molecule has 0 aliphatic rings. The fraction of sp³-hybridized carbons (Fsp3) is 0.778. The summed E-state index contributed by atoms with van der Waals surface area (Å²) >= 11 is 3.91. The van der Waals surface area contributed by atoms with Gasteiger partial charge in [0, 0.05) is 5.75 Å². The van der Waals surface area contributed by atoms with Crippen molar-refractivity contribution in [2.75, 3.05) is 5.75 Å². The molecule has 29 heavy (non-hydrogen) atoms. The van der Waals surface area contributed by atoms with Gasteiger partial charge in [0.1, 0.15) is 18.1 Å². The largest absolute Gasteiger partial charge is 0.480 e. The maximum absolute atomic E-state index is 12.7. The number of thiol groups is 1. The van der Waals surface area contributed by atoms with Crippen LogP contribution in [0.1, 0.15) is 41.0 Å². The number of aliphatic hydroxyl groups is 1. The molecule has 0 fully saturated rings. The number of hydrogen-bond donors (Lipinski definition) is 7. The molecule has 168 valence electrons. The van der Waals surface area contributed by atoms with E-state index in [0.29, 0.717) is 6.42 Å². The summed E-state index contributed by atoms with van der Waals surface area (Å²) in [6.07, 6.45) is -0.717. The Hall–Kier alpha value is -1.85. The molecule has 0 aliphatic carbocycles. The molecule has 0 radical (unpaired) electrons. The second kappa shape index (κ2) is 12.7. The Labute approximate surface area is 176 Å². The third-order valence-corrected chi connectivity index (χ3v) is 5.01. The minimum atomic E-state index is -1.34. The van der Waals surface area contributed by atoms with Crippen LogP contribution in [0.5, 0.6) is 0 Å². The number of hydrogen-bond acceptors (Lipinski definition) is 7. The number of rotatable bonds is 12. The molecule has 0 bridgehead atoms. The van der Waals surface area contributed by atoms with E-state index < -0.39 is 54.0 Å². The van der Waals surface area contributed by atoms with Crippen molar-refractivity contribution in [1.82, 2.24) is 16.0 Å². The number of carboxylic acid groups (broad SMARTS) is 1. The van der Waals surface area contributed by atoms with Crippen LogP contribution in [-0.2, 0) is 19.2 Å². The van der Waals surface area contributed by atoms with Crippen molar-refractivity contribution in [3.05, 3.63) is 0 Å². The molecule has 0 aromatic rings. The van der Waals surface area contributed by atoms with Crippen molar-refractivity contribution in [2.24, 2.45) is 17.6 Å². The van der Waals surface area contributed by atoms with Gasteiger partial charge < -0.3 is 31.9 Å². The molecule has 3 amide bonds. The minimum Gasteiger partial charge on any atom is -0.480 e. The molecule has 0 rings (SSSR count). The number of nitrogens with one attached hydrogen (secondary N) is 3. The number of amides is 3. The Morgan fingerprint density at radius 2 is 1.34 bits per heavy atom. The molecule has 0 heterocycles. The van der Waals surface area contributed by atoms with Crippen molar-refractivity contribution in [3.63, 3.8) is 0 Å². The average molecular weight is 435 g/mol. The quantitative estimate of drug-likeness (QED) is 0.190. The van der Waals surface area contributed by atoms with Gasteiger partial charge in [0.2, 0.25) is 17.7 Å². The molecule has 11 heteroatoms. The fourth-order valence-corrected chi connectivity index (χ4v) is 2.62. The summed E-state index contributed by atoms with van der Waals surface area (Å²) in [5, 5.41) is 26.5. The Morgan fingerprint density at radius 1 is 0.897 bits per heavy atom. The van der Waals surface area contributed by atoms with E-state index in [-0.39, 0.29) is 17.6 Å². The van der Waals surface area contributed by atoms with Crippen LogP contribution in [0.15, 0.2) is 0 Å². The Morgan fingerprint density at radius 3 is 1.72 bits per heavy atom. The van der Waals surface area contributed by atoms with Gasteiger partial charge in [0.05, 0.1) is 12.1 Å². The number of nitrogens with two attached hydrogens (primary N) is 1. The Kier molecular flexibility index (Phi) is 11.8. The van der Waals surface area contributed by atoms with E-state index in [1.807, 2.05) is 0 Å². The monoisotopic (exact) mass is 434 g/mol. The van der Waals surface area contributed by atoms with Crippen molar-refractivity contribution in [3.8, 4) is 0 Å². The van der Waals surface area contributed by atoms with Gasteiger partial charge in [0.25, 0.3) is 0 Å². The van der Waals surface area contributed by atoms with E-state index in [2.05, 4.69) is 28.6 Å². The lowest BCUT2D eigenvalue weighted by Crippen LogP contribution is -2.61. The molecule has 0 aromatic carbocycles. The highest BCUT2D eigenvalue weighted by atomic mass is 32.1. The summed E-state index contributed by atoms with van der Waals surface area (Å²) in [6, 6.07) is -4.48. The van der Waals surface area contributed by atoms with Crippen LogP contribution in [0.2, 0.25) is 0 Å². The molecule has 6 atom stereocenters. The zero-order chi connectivity index (χ0) is 22.9. The van der Waals surface area contributed by atoms with Crippen molar-refractivity contribution >= 4 is 36.3 Å². The standard InChI is InChI=1S/C18H34N4O6S/c1-6-9(4)13(18(27)28)21-16(25)12(8(2)3)20-17(26)14(10(5)23)22-15(24)11(19)7-29/h8-14,23,29H,6-7,19H2,1-5H3,(H,20,26)(H,21,25)(H,22,24)(H,27,28). The lowest BCUT2D eigenvalue weighted by Gasteiger charge is -2.29. The smallest absolute Gasteiger partial charge is 0.326 e. The Balaban J connectivity index is 5.37. The highest BCUT2D eigenvalue weighted by Gasteiger charge is 2.34. The first kappa shape index (κ1) is 27.1. The predicted octanol–water partition coefficient (Wildman–Crippen LogP) is -1.13. The van der Waals surface area contributed by atoms with Gasteiger partial charge in [-0.3, -0.25) is 14.4 Å². The molecule has 0 spiro atoms. The van der Waals surface area contributed by atoms with Gasteiger partial charge in [-0.15, -0.1) is 0 Å². The summed E-state index contributed by atoms with van der Waals surface area (Å²) < 4.78 is 0. The number of aliphatic hydroxyl groups excluding tert-OH is 1. The minimum absolute atomic E-state index is 0.0448. The van der Waals surface area contributed by atoms with E-state index in [0.717, 1.165) is 0 Å². The maximum atomic E-state index is 12.7. The van der Waals surface area contributed by atoms with Gasteiger partial charge in [-0.2, -0.15) is 12.6 Å². The number of aliphatic carboxylic acids is 1. The van der Waals surface area contributed by atoms with Crippen LogP contribution in [0.4, 0.5) is 0 Å². The first-order valence-corrected chi connectivity index (χ1v) is 10.2. The second-order valence-corrected chi connectivity index (χ2v) is 7.82. The SMILES string of the molecule is CCC(C)C(NC(=O)C(NC(=O)C(NC(=O)C(N)CS)C(C)O)C(C)C)C(=O)O. The molecule has 0 aromatic heterocycles. The summed E-state index contributed by atoms with van der Waals surface area (Å²) in [4.78, 5) is 48.7. The van der Waals surface area contributed by atoms with Crippen LogP contribution >= 0.6 is 12.6 Å². The normalized spacial score (nSPS) is 17.4. The third-order valence-electron chi connectivity index (χ3n) is 4.62. The van der Waals surface area contributed by atoms with Gasteiger partial charge in [-0.1, -0.05) is 34.1 Å². The molecule has 7 N–H and O–H groups in total. The molecular formula is C18H34N4O6S. The zero-order valence-corrected chi connectivity index (χ0v) is 18.4. The van der Waals surface area contributed by atoms with Gasteiger partial charge in [0.15, 0.2) is 0 Å². The van der Waals surface area contributed by atoms with E-state index >= 15 is 0 Å². The summed E-state index contributed by atoms with van der Waals surface area (Å²) in [5.74, 6) is -3.94. The summed E-state index contributed by atoms with van der Waals surface area (Å²) in [5.41, 5.74) is 5.57. The first-order valence-electron chi connectivity index (χ1n) is 9.55. The second-order valence-electron chi connectivity index (χ2n) is 7.46. The van der Waals surface area contributed by atoms with Crippen LogP contribution < -0.4 is 21.7 Å². The molecule has 6 unspecified atom stereocenters. The first-order chi connectivity index (χ1) is 13.4. The number of carbonyl (C=O) groups is 4. The van der Waals surface area contributed by atoms with Crippen LogP contribution in [-0.4, -0.2) is 69.9 Å². The molecule has 10 nitrogen and oxygen atoms in total. The Bertz CT molecular complexity index is 587. The molecule has 0 saturated heterocycles. The predicted molar refractivity (Wildman–Crippen MR) is 111 cm³/mol. The summed E-state index contributed by atoms with van der Waals surface area (Å²) in [7, 11) is 0. The number of carboxylic acids is 1. The average Bonchev–Trinajstić information content (AvgIpc) is 2.65. The lowest BCUT2D eigenvalue weighted by atomic mass is 9.97. The van der Waals surface area contributed by atoms with E-state index in [9.17, 15) is 29.4 Å². The van der Waals surface area contributed by atoms with E-state index in [1.54, 1.807) is 27.7 Å². The van der Waals surface area contributed by atoms with Crippen molar-refractivity contribution < 1.29 is 29.4 Å². The van der Waals surface area contributed by atoms with Crippen molar-refractivity contribution in [2.45, 2.75) is 71.3 Å². The lowest BCUT2D eigenvalue weighted by molar-refractivity contribution is -0.144. The highest BCUT2D eigenvalue weighted by molar-refractivity contribution is 7.80. The van der Waals surface area contributed by atoms with Gasteiger partial charge in [-0.05, 0) is 18.8 Å². The van der Waals surface area contributed by atoms with Crippen molar-refractivity contribution in [1.29, 1.82) is 0 Å². The van der Waals surface area contributed by atoms with Crippen LogP contribution in [0.25, 0.3) is 0 Å². The van der Waals surface area contributed by atoms with Crippen LogP contribution in [0, 0.1) is 11.8 Å². The van der Waals surface area contributed by atoms with Crippen LogP contribution in [0.3, 0.4) is 0 Å². The molecule has 0 aliphatic heterocycles. The fourth-order valence-electron chi connectivity index (χ4n) is 2.45. The topological polar surface area (TPSA) is 171 Å². The molecular weight excluding hydrogens is 400 g/mol. The number of carbonyl (C=O) groups excluding carboxylic acids is 3. The van der Waals surface area contributed by atoms with Gasteiger partial charge >= 0.3 is 5.97 Å².